The summed E-state index contributed by atoms with van der Waals surface area (Å²) in [5.41, 5.74) is 4.21. The van der Waals surface area contributed by atoms with E-state index < -0.39 is 0 Å². The van der Waals surface area contributed by atoms with E-state index in [0.717, 1.165) is 54.5 Å². The van der Waals surface area contributed by atoms with E-state index in [1.807, 2.05) is 78.9 Å². The number of hydrogen-bond acceptors (Lipinski definition) is 9. The van der Waals surface area contributed by atoms with Crippen molar-refractivity contribution in [2.45, 2.75) is 38.3 Å². The van der Waals surface area contributed by atoms with Crippen molar-refractivity contribution < 1.29 is 38.0 Å². The quantitative estimate of drug-likeness (QED) is 0.0794. The molecule has 4 aromatic carbocycles. The molecule has 4 aromatic rings. The molecule has 5 rings (SSSR count). The Morgan fingerprint density at radius 3 is 1.84 bits per heavy atom. The van der Waals surface area contributed by atoms with E-state index in [2.05, 4.69) is 10.6 Å². The lowest BCUT2D eigenvalue weighted by Gasteiger charge is -2.28. The number of fused-ring (bicyclic) bond motifs is 1. The average Bonchev–Trinajstić information content (AvgIpc) is 3.15. The number of para-hydroxylation sites is 1. The monoisotopic (exact) mass is 682 g/mol. The molecule has 0 bridgehead atoms. The predicted molar refractivity (Wildman–Crippen MR) is 195 cm³/mol. The van der Waals surface area contributed by atoms with Crippen molar-refractivity contribution >= 4 is 23.7 Å². The van der Waals surface area contributed by atoms with Gasteiger partial charge in [-0.25, -0.2) is 0 Å². The van der Waals surface area contributed by atoms with Gasteiger partial charge in [0.15, 0.2) is 34.5 Å². The minimum atomic E-state index is -0.355. The van der Waals surface area contributed by atoms with Gasteiger partial charge in [-0.15, -0.1) is 0 Å². The van der Waals surface area contributed by atoms with Crippen LogP contribution in [0.25, 0.3) is 12.2 Å². The van der Waals surface area contributed by atoms with Crippen molar-refractivity contribution in [2.24, 2.45) is 0 Å². The van der Waals surface area contributed by atoms with Crippen LogP contribution >= 0.6 is 0 Å². The van der Waals surface area contributed by atoms with Gasteiger partial charge in [-0.3, -0.25) is 4.79 Å². The van der Waals surface area contributed by atoms with E-state index in [-0.39, 0.29) is 12.1 Å². The molecule has 0 saturated heterocycles. The summed E-state index contributed by atoms with van der Waals surface area (Å²) in [6.07, 6.45) is 8.66. The zero-order valence-corrected chi connectivity index (χ0v) is 29.4. The molecule has 2 N–H and O–H groups in total. The molecule has 10 nitrogen and oxygen atoms in total. The summed E-state index contributed by atoms with van der Waals surface area (Å²) in [4.78, 5) is 12.6. The van der Waals surface area contributed by atoms with Crippen molar-refractivity contribution in [3.05, 3.63) is 95.1 Å². The average molecular weight is 683 g/mol. The molecule has 1 atom stereocenters. The fourth-order valence-corrected chi connectivity index (χ4v) is 5.76. The number of rotatable bonds is 18. The third-order valence-corrected chi connectivity index (χ3v) is 8.41. The van der Waals surface area contributed by atoms with Gasteiger partial charge in [-0.1, -0.05) is 55.7 Å². The number of hydrogen-bond donors (Lipinski definition) is 2. The number of benzene rings is 4. The van der Waals surface area contributed by atoms with Crippen molar-refractivity contribution in [1.29, 1.82) is 0 Å². The second-order valence-electron chi connectivity index (χ2n) is 11.7. The largest absolute Gasteiger partial charge is 0.493 e. The Kier molecular flexibility index (Phi) is 12.7. The smallest absolute Gasteiger partial charge is 0.255 e. The minimum absolute atomic E-state index is 0.109. The highest BCUT2D eigenvalue weighted by Gasteiger charge is 2.25. The topological polar surface area (TPSA) is 106 Å². The van der Waals surface area contributed by atoms with Crippen molar-refractivity contribution in [2.75, 3.05) is 54.1 Å². The number of unbranched alkanes of at least 4 members (excludes halogenated alkanes) is 4. The second kappa shape index (κ2) is 17.8. The molecule has 1 unspecified atom stereocenters. The van der Waals surface area contributed by atoms with Crippen molar-refractivity contribution in [3.8, 4) is 40.2 Å². The zero-order chi connectivity index (χ0) is 35.3. The summed E-state index contributed by atoms with van der Waals surface area (Å²) in [6, 6.07) is 22.9. The predicted octanol–water partition coefficient (Wildman–Crippen LogP) is 8.16. The van der Waals surface area contributed by atoms with Crippen LogP contribution < -0.4 is 43.8 Å². The first kappa shape index (κ1) is 35.8. The molecule has 1 heterocycles. The third kappa shape index (κ3) is 8.93. The SMILES string of the molecule is COc1cc(C2NC(=O)c3ccccc3N2)ccc1OCCCCCCCOc1cc(/C=C/c2cc(OC)c(OC)c(OC)c2)ccc1OC. The Bertz CT molecular complexity index is 1750. The van der Waals surface area contributed by atoms with Crippen LogP contribution in [0.3, 0.4) is 0 Å². The lowest BCUT2D eigenvalue weighted by Crippen LogP contribution is -2.38. The summed E-state index contributed by atoms with van der Waals surface area (Å²) in [7, 11) is 8.06. The number of methoxy groups -OCH3 is 5. The minimum Gasteiger partial charge on any atom is -0.493 e. The second-order valence-corrected chi connectivity index (χ2v) is 11.7. The van der Waals surface area contributed by atoms with E-state index in [1.165, 1.54) is 0 Å². The van der Waals surface area contributed by atoms with Gasteiger partial charge in [0.25, 0.3) is 5.91 Å². The highest BCUT2D eigenvalue weighted by molar-refractivity contribution is 6.01. The molecule has 1 aliphatic heterocycles. The van der Waals surface area contributed by atoms with Crippen LogP contribution in [-0.2, 0) is 0 Å². The molecule has 264 valence electrons. The summed E-state index contributed by atoms with van der Waals surface area (Å²) >= 11 is 0. The summed E-state index contributed by atoms with van der Waals surface area (Å²) in [5.74, 6) is 4.36. The van der Waals surface area contributed by atoms with E-state index >= 15 is 0 Å². The molecule has 0 saturated carbocycles. The molecule has 1 amide bonds. The van der Waals surface area contributed by atoms with Gasteiger partial charge < -0.3 is 43.8 Å². The highest BCUT2D eigenvalue weighted by atomic mass is 16.5. The number of anilines is 1. The maximum Gasteiger partial charge on any atom is 0.255 e. The molecule has 50 heavy (non-hydrogen) atoms. The lowest BCUT2D eigenvalue weighted by molar-refractivity contribution is 0.0935. The zero-order valence-electron chi connectivity index (χ0n) is 29.4. The fourth-order valence-electron chi connectivity index (χ4n) is 5.76. The Hall–Kier alpha value is -5.51. The van der Waals surface area contributed by atoms with Gasteiger partial charge in [0.1, 0.15) is 6.17 Å². The van der Waals surface area contributed by atoms with Gasteiger partial charge in [0, 0.05) is 5.69 Å². The fraction of sp³-hybridized carbons (Fsp3) is 0.325. The number of amides is 1. The Balaban J connectivity index is 1.04. The van der Waals surface area contributed by atoms with Crippen LogP contribution in [0.1, 0.15) is 65.3 Å². The van der Waals surface area contributed by atoms with Crippen LogP contribution in [0.2, 0.25) is 0 Å². The van der Waals surface area contributed by atoms with Gasteiger partial charge in [-0.05, 0) is 78.1 Å². The summed E-state index contributed by atoms with van der Waals surface area (Å²) in [5, 5.41) is 6.38. The van der Waals surface area contributed by atoms with Gasteiger partial charge >= 0.3 is 0 Å². The van der Waals surface area contributed by atoms with Crippen LogP contribution in [0, 0.1) is 0 Å². The molecule has 0 aliphatic carbocycles. The maximum atomic E-state index is 12.6. The first-order valence-corrected chi connectivity index (χ1v) is 16.7. The molecule has 0 aromatic heterocycles. The molecular formula is C40H46N2O8. The van der Waals surface area contributed by atoms with Crippen LogP contribution in [0.5, 0.6) is 40.2 Å². The molecule has 0 fully saturated rings. The Labute approximate surface area is 294 Å². The number of carbonyl (C=O) groups excluding carboxylic acids is 1. The van der Waals surface area contributed by atoms with Crippen LogP contribution in [0.15, 0.2) is 72.8 Å². The standard InChI is InChI=1S/C40H46N2O8/c1-44-32-19-17-27(15-16-28-24-36(46-3)38(48-5)37(25-28)47-4)23-35(32)50-22-12-8-6-7-11-21-49-33-20-18-29(26-34(33)45-2)39-41-31-14-10-9-13-30(31)40(43)42-39/h9-10,13-20,23-26,39,41H,6-8,11-12,21-22H2,1-5H3,(H,42,43)/b16-15+. The third-order valence-electron chi connectivity index (χ3n) is 8.41. The first-order chi connectivity index (χ1) is 24.5. The Morgan fingerprint density at radius 1 is 0.560 bits per heavy atom. The van der Waals surface area contributed by atoms with E-state index in [1.54, 1.807) is 41.6 Å². The van der Waals surface area contributed by atoms with E-state index in [0.29, 0.717) is 59.0 Å². The van der Waals surface area contributed by atoms with E-state index in [9.17, 15) is 4.79 Å². The van der Waals surface area contributed by atoms with Crippen LogP contribution in [0.4, 0.5) is 5.69 Å². The van der Waals surface area contributed by atoms with E-state index in [4.69, 9.17) is 33.2 Å². The number of carbonyl (C=O) groups is 1. The summed E-state index contributed by atoms with van der Waals surface area (Å²) < 4.78 is 39.7. The highest BCUT2D eigenvalue weighted by Crippen LogP contribution is 2.39. The van der Waals surface area contributed by atoms with Gasteiger partial charge in [0.2, 0.25) is 5.75 Å². The first-order valence-electron chi connectivity index (χ1n) is 16.7. The van der Waals surface area contributed by atoms with Gasteiger partial charge in [-0.2, -0.15) is 0 Å². The number of nitrogens with one attached hydrogen (secondary N) is 2. The normalized spacial score (nSPS) is 13.5. The number of ether oxygens (including phenoxy) is 7. The lowest BCUT2D eigenvalue weighted by atomic mass is 10.1. The van der Waals surface area contributed by atoms with Crippen molar-refractivity contribution in [3.63, 3.8) is 0 Å². The Morgan fingerprint density at radius 2 is 1.16 bits per heavy atom. The van der Waals surface area contributed by atoms with Gasteiger partial charge in [0.05, 0.1) is 54.3 Å². The van der Waals surface area contributed by atoms with Crippen molar-refractivity contribution in [1.82, 2.24) is 5.32 Å². The molecule has 0 spiro atoms. The molecule has 0 radical (unpaired) electrons. The molecule has 10 heteroatoms. The molecular weight excluding hydrogens is 636 g/mol. The molecule has 1 aliphatic rings. The van der Waals surface area contributed by atoms with Crippen LogP contribution in [-0.4, -0.2) is 54.7 Å². The maximum absolute atomic E-state index is 12.6. The summed E-state index contributed by atoms with van der Waals surface area (Å²) in [6.45, 7) is 1.18.